The number of hydrogen-bond acceptors (Lipinski definition) is 4. The lowest BCUT2D eigenvalue weighted by molar-refractivity contribution is 0.0725. The zero-order chi connectivity index (χ0) is 15.5. The lowest BCUT2D eigenvalue weighted by Crippen LogP contribution is -2.36. The van der Waals surface area contributed by atoms with Crippen LogP contribution < -0.4 is 4.74 Å². The number of amides is 1. The van der Waals surface area contributed by atoms with Crippen LogP contribution in [0.5, 0.6) is 5.75 Å². The van der Waals surface area contributed by atoms with Gasteiger partial charge in [-0.1, -0.05) is 25.1 Å². The molecule has 1 aliphatic rings. The van der Waals surface area contributed by atoms with Gasteiger partial charge >= 0.3 is 0 Å². The molecule has 0 unspecified atom stereocenters. The minimum atomic E-state index is -0.0295. The zero-order valence-corrected chi connectivity index (χ0v) is 13.7. The Bertz CT molecular complexity index is 643. The van der Waals surface area contributed by atoms with Crippen molar-refractivity contribution in [2.45, 2.75) is 32.3 Å². The van der Waals surface area contributed by atoms with E-state index in [1.54, 1.807) is 16.2 Å². The summed E-state index contributed by atoms with van der Waals surface area (Å²) in [5.41, 5.74) is 1.76. The van der Waals surface area contributed by atoms with Gasteiger partial charge in [0.2, 0.25) is 0 Å². The van der Waals surface area contributed by atoms with Crippen LogP contribution in [0.2, 0.25) is 0 Å². The van der Waals surface area contributed by atoms with Crippen molar-refractivity contribution in [3.05, 3.63) is 45.9 Å². The number of hydrogen-bond donors (Lipinski definition) is 0. The van der Waals surface area contributed by atoms with Gasteiger partial charge in [-0.25, -0.2) is 4.98 Å². The van der Waals surface area contributed by atoms with E-state index in [2.05, 4.69) is 18.0 Å². The van der Waals surface area contributed by atoms with Crippen molar-refractivity contribution < 1.29 is 9.53 Å². The van der Waals surface area contributed by atoms with Crippen LogP contribution in [0.1, 0.15) is 34.4 Å². The third kappa shape index (κ3) is 3.14. The standard InChI is InChI=1S/C17H20N2O2S/c1-3-6-16-18-14(11-22-16)17(20)19(2)10-13-9-12-7-4-5-8-15(12)21-13/h4-5,7-8,11,13H,3,6,9-10H2,1-2H3/t13-/m0/s1. The molecule has 0 N–H and O–H groups in total. The molecule has 2 aromatic rings. The summed E-state index contributed by atoms with van der Waals surface area (Å²) in [4.78, 5) is 18.6. The molecule has 0 radical (unpaired) electrons. The number of rotatable bonds is 5. The van der Waals surface area contributed by atoms with Gasteiger partial charge in [0, 0.05) is 18.8 Å². The first-order valence-electron chi connectivity index (χ1n) is 7.61. The van der Waals surface area contributed by atoms with E-state index in [1.165, 1.54) is 5.56 Å². The number of carbonyl (C=O) groups excluding carboxylic acids is 1. The maximum absolute atomic E-state index is 12.4. The molecule has 5 heteroatoms. The molecule has 2 heterocycles. The summed E-state index contributed by atoms with van der Waals surface area (Å²) in [6.07, 6.45) is 2.86. The van der Waals surface area contributed by atoms with Gasteiger partial charge < -0.3 is 9.64 Å². The molecule has 1 aliphatic heterocycles. The van der Waals surface area contributed by atoms with E-state index in [0.29, 0.717) is 12.2 Å². The molecular formula is C17H20N2O2S. The number of carbonyl (C=O) groups is 1. The second-order valence-corrected chi connectivity index (χ2v) is 6.56. The van der Waals surface area contributed by atoms with E-state index in [4.69, 9.17) is 4.74 Å². The lowest BCUT2D eigenvalue weighted by Gasteiger charge is -2.20. The van der Waals surface area contributed by atoms with E-state index in [9.17, 15) is 4.79 Å². The first-order valence-corrected chi connectivity index (χ1v) is 8.49. The molecule has 0 fully saturated rings. The van der Waals surface area contributed by atoms with Crippen LogP contribution in [0.25, 0.3) is 0 Å². The highest BCUT2D eigenvalue weighted by molar-refractivity contribution is 7.09. The number of para-hydroxylation sites is 1. The van der Waals surface area contributed by atoms with Gasteiger partial charge in [-0.05, 0) is 24.5 Å². The highest BCUT2D eigenvalue weighted by Gasteiger charge is 2.26. The van der Waals surface area contributed by atoms with E-state index < -0.39 is 0 Å². The Morgan fingerprint density at radius 3 is 3.05 bits per heavy atom. The predicted molar refractivity (Wildman–Crippen MR) is 87.6 cm³/mol. The molecule has 3 rings (SSSR count). The fraction of sp³-hybridized carbons (Fsp3) is 0.412. The zero-order valence-electron chi connectivity index (χ0n) is 12.9. The molecule has 1 amide bonds. The molecule has 4 nitrogen and oxygen atoms in total. The van der Waals surface area contributed by atoms with Crippen LogP contribution in [0.4, 0.5) is 0 Å². The molecule has 0 saturated heterocycles. The molecule has 1 atom stereocenters. The summed E-state index contributed by atoms with van der Waals surface area (Å²) in [7, 11) is 1.81. The van der Waals surface area contributed by atoms with Crippen molar-refractivity contribution in [3.8, 4) is 5.75 Å². The number of aromatic nitrogens is 1. The van der Waals surface area contributed by atoms with Crippen LogP contribution in [0.3, 0.4) is 0 Å². The third-order valence-electron chi connectivity index (χ3n) is 3.77. The molecule has 0 aliphatic carbocycles. The molecule has 0 spiro atoms. The first kappa shape index (κ1) is 15.0. The SMILES string of the molecule is CCCc1nc(C(=O)N(C)C[C@@H]2Cc3ccccc3O2)cs1. The predicted octanol–water partition coefficient (Wildman–Crippen LogP) is 3.17. The minimum Gasteiger partial charge on any atom is -0.488 e. The summed E-state index contributed by atoms with van der Waals surface area (Å²) < 4.78 is 5.90. The van der Waals surface area contributed by atoms with Gasteiger partial charge in [0.25, 0.3) is 5.91 Å². The Labute approximate surface area is 134 Å². The van der Waals surface area contributed by atoms with Crippen molar-refractivity contribution in [3.63, 3.8) is 0 Å². The summed E-state index contributed by atoms with van der Waals surface area (Å²) in [5, 5.41) is 2.89. The van der Waals surface area contributed by atoms with Crippen LogP contribution in [-0.2, 0) is 12.8 Å². The highest BCUT2D eigenvalue weighted by atomic mass is 32.1. The minimum absolute atomic E-state index is 0.0279. The average molecular weight is 316 g/mol. The number of fused-ring (bicyclic) bond motifs is 1. The van der Waals surface area contributed by atoms with Gasteiger partial charge in [0.05, 0.1) is 11.6 Å². The van der Waals surface area contributed by atoms with Crippen LogP contribution in [-0.4, -0.2) is 35.5 Å². The van der Waals surface area contributed by atoms with E-state index in [1.807, 2.05) is 30.6 Å². The van der Waals surface area contributed by atoms with Crippen molar-refractivity contribution in [1.82, 2.24) is 9.88 Å². The Hall–Kier alpha value is -1.88. The smallest absolute Gasteiger partial charge is 0.273 e. The molecule has 116 valence electrons. The number of thiazole rings is 1. The van der Waals surface area contributed by atoms with Gasteiger partial charge in [-0.15, -0.1) is 11.3 Å². The average Bonchev–Trinajstić information content (AvgIpc) is 3.12. The topological polar surface area (TPSA) is 42.4 Å². The summed E-state index contributed by atoms with van der Waals surface area (Å²) in [6.45, 7) is 2.69. The largest absolute Gasteiger partial charge is 0.488 e. The Balaban J connectivity index is 1.60. The van der Waals surface area contributed by atoms with Gasteiger partial charge in [-0.2, -0.15) is 0 Å². The quantitative estimate of drug-likeness (QED) is 0.851. The maximum Gasteiger partial charge on any atom is 0.273 e. The molecule has 1 aromatic carbocycles. The highest BCUT2D eigenvalue weighted by Crippen LogP contribution is 2.28. The summed E-state index contributed by atoms with van der Waals surface area (Å²) >= 11 is 1.56. The Morgan fingerprint density at radius 2 is 2.27 bits per heavy atom. The summed E-state index contributed by atoms with van der Waals surface area (Å²) in [5.74, 6) is 0.908. The van der Waals surface area contributed by atoms with Gasteiger partial charge in [-0.3, -0.25) is 4.79 Å². The number of nitrogens with zero attached hydrogens (tertiary/aromatic N) is 2. The number of aryl methyl sites for hydroxylation is 1. The molecule has 22 heavy (non-hydrogen) atoms. The van der Waals surface area contributed by atoms with Crippen molar-refractivity contribution in [1.29, 1.82) is 0 Å². The monoisotopic (exact) mass is 316 g/mol. The molecule has 0 saturated carbocycles. The van der Waals surface area contributed by atoms with E-state index in [0.717, 1.165) is 30.0 Å². The normalized spacial score (nSPS) is 16.2. The fourth-order valence-corrected chi connectivity index (χ4v) is 3.55. The Morgan fingerprint density at radius 1 is 1.45 bits per heavy atom. The van der Waals surface area contributed by atoms with Crippen LogP contribution >= 0.6 is 11.3 Å². The van der Waals surface area contributed by atoms with Gasteiger partial charge in [0.15, 0.2) is 0 Å². The second-order valence-electron chi connectivity index (χ2n) is 5.61. The lowest BCUT2D eigenvalue weighted by atomic mass is 10.1. The van der Waals surface area contributed by atoms with Crippen molar-refractivity contribution in [2.75, 3.05) is 13.6 Å². The van der Waals surface area contributed by atoms with Crippen molar-refractivity contribution in [2.24, 2.45) is 0 Å². The molecule has 1 aromatic heterocycles. The number of benzene rings is 1. The maximum atomic E-state index is 12.4. The van der Waals surface area contributed by atoms with E-state index >= 15 is 0 Å². The summed E-state index contributed by atoms with van der Waals surface area (Å²) in [6, 6.07) is 8.05. The van der Waals surface area contributed by atoms with E-state index in [-0.39, 0.29) is 12.0 Å². The third-order valence-corrected chi connectivity index (χ3v) is 4.68. The van der Waals surface area contributed by atoms with Crippen LogP contribution in [0.15, 0.2) is 29.6 Å². The first-order chi connectivity index (χ1) is 10.7. The number of likely N-dealkylation sites (N-methyl/N-ethyl adjacent to an activating group) is 1. The second kappa shape index (κ2) is 6.48. The van der Waals surface area contributed by atoms with Crippen molar-refractivity contribution >= 4 is 17.2 Å². The van der Waals surface area contributed by atoms with Gasteiger partial charge in [0.1, 0.15) is 17.5 Å². The van der Waals surface area contributed by atoms with Crippen LogP contribution in [0, 0.1) is 0 Å². The molecule has 0 bridgehead atoms. The number of ether oxygens (including phenoxy) is 1. The Kier molecular flexibility index (Phi) is 4.43. The molecular weight excluding hydrogens is 296 g/mol. The fourth-order valence-electron chi connectivity index (χ4n) is 2.68.